The molecule has 1 heterocycles. The first-order valence-corrected chi connectivity index (χ1v) is 10.2. The summed E-state index contributed by atoms with van der Waals surface area (Å²) in [6.45, 7) is 3.97. The molecule has 3 aromatic rings. The maximum Gasteiger partial charge on any atom is 0.342 e. The van der Waals surface area contributed by atoms with Gasteiger partial charge in [-0.1, -0.05) is 25.1 Å². The molecule has 142 valence electrons. The smallest absolute Gasteiger partial charge is 0.342 e. The summed E-state index contributed by atoms with van der Waals surface area (Å²) in [5, 5.41) is 0.533. The van der Waals surface area contributed by atoms with Crippen LogP contribution in [0.3, 0.4) is 0 Å². The Balaban J connectivity index is 2.03. The summed E-state index contributed by atoms with van der Waals surface area (Å²) in [5.41, 5.74) is 1.22. The number of nitrogens with one attached hydrogen (secondary N) is 1. The Kier molecular flexibility index (Phi) is 5.51. The first kappa shape index (κ1) is 19.0. The molecule has 0 aliphatic rings. The third-order valence-corrected chi connectivity index (χ3v) is 5.42. The van der Waals surface area contributed by atoms with Crippen LogP contribution in [0, 0.1) is 0 Å². The zero-order chi connectivity index (χ0) is 19.4. The molecule has 0 amide bonds. The molecule has 0 bridgehead atoms. The molecule has 0 unspecified atom stereocenters. The van der Waals surface area contributed by atoms with Crippen LogP contribution in [0.15, 0.2) is 57.8 Å². The third kappa shape index (κ3) is 3.98. The van der Waals surface area contributed by atoms with Crippen molar-refractivity contribution in [1.82, 2.24) is 0 Å². The molecule has 0 aliphatic heterocycles. The number of furan rings is 1. The molecule has 0 spiro atoms. The number of hydrogen-bond acceptors (Lipinski definition) is 5. The van der Waals surface area contributed by atoms with Crippen LogP contribution in [0.4, 0.5) is 5.69 Å². The first-order chi connectivity index (χ1) is 13.0. The van der Waals surface area contributed by atoms with Crippen LogP contribution in [0.25, 0.3) is 11.0 Å². The van der Waals surface area contributed by atoms with Crippen molar-refractivity contribution in [2.24, 2.45) is 0 Å². The van der Waals surface area contributed by atoms with Crippen molar-refractivity contribution in [3.05, 3.63) is 59.9 Å². The van der Waals surface area contributed by atoms with Crippen molar-refractivity contribution in [3.8, 4) is 0 Å². The van der Waals surface area contributed by atoms with E-state index in [0.717, 1.165) is 6.42 Å². The molecule has 0 atom stereocenters. The standard InChI is InChI=1S/C20H21NO5S/c1-3-8-18-19(20(22)25-4-2)16-13-14(11-12-17(16)26-18)21-27(23,24)15-9-6-5-7-10-15/h5-7,9-13,21H,3-4,8H2,1-2H3. The van der Waals surface area contributed by atoms with Crippen molar-refractivity contribution in [2.45, 2.75) is 31.6 Å². The number of benzene rings is 2. The van der Waals surface area contributed by atoms with Crippen molar-refractivity contribution in [1.29, 1.82) is 0 Å². The molecule has 1 N–H and O–H groups in total. The van der Waals surface area contributed by atoms with Gasteiger partial charge in [0, 0.05) is 17.5 Å². The van der Waals surface area contributed by atoms with Crippen LogP contribution in [-0.2, 0) is 21.2 Å². The van der Waals surface area contributed by atoms with Crippen LogP contribution < -0.4 is 4.72 Å². The number of anilines is 1. The van der Waals surface area contributed by atoms with E-state index in [1.165, 1.54) is 12.1 Å². The molecular weight excluding hydrogens is 366 g/mol. The molecule has 0 saturated carbocycles. The van der Waals surface area contributed by atoms with E-state index in [9.17, 15) is 13.2 Å². The average molecular weight is 387 g/mol. The van der Waals surface area contributed by atoms with Crippen molar-refractivity contribution in [3.63, 3.8) is 0 Å². The summed E-state index contributed by atoms with van der Waals surface area (Å²) in [4.78, 5) is 12.6. The Morgan fingerprint density at radius 3 is 2.52 bits per heavy atom. The van der Waals surface area contributed by atoms with Gasteiger partial charge in [0.25, 0.3) is 10.0 Å². The van der Waals surface area contributed by atoms with E-state index >= 15 is 0 Å². The van der Waals surface area contributed by atoms with Gasteiger partial charge in [-0.2, -0.15) is 0 Å². The normalized spacial score (nSPS) is 11.5. The molecule has 0 radical (unpaired) electrons. The van der Waals surface area contributed by atoms with E-state index in [1.54, 1.807) is 43.3 Å². The van der Waals surface area contributed by atoms with Crippen LogP contribution in [0.5, 0.6) is 0 Å². The summed E-state index contributed by atoms with van der Waals surface area (Å²) < 4.78 is 38.6. The van der Waals surface area contributed by atoms with Crippen molar-refractivity contribution < 1.29 is 22.4 Å². The fraction of sp³-hybridized carbons (Fsp3) is 0.250. The Morgan fingerprint density at radius 2 is 1.85 bits per heavy atom. The fourth-order valence-corrected chi connectivity index (χ4v) is 3.93. The predicted molar refractivity (Wildman–Crippen MR) is 103 cm³/mol. The zero-order valence-corrected chi connectivity index (χ0v) is 16.0. The SMILES string of the molecule is CCCc1oc2ccc(NS(=O)(=O)c3ccccc3)cc2c1C(=O)OCC. The van der Waals surface area contributed by atoms with Crippen molar-refractivity contribution in [2.75, 3.05) is 11.3 Å². The second kappa shape index (κ2) is 7.84. The number of hydrogen-bond donors (Lipinski definition) is 1. The van der Waals surface area contributed by atoms with Crippen LogP contribution in [0.2, 0.25) is 0 Å². The molecule has 3 rings (SSSR count). The molecule has 2 aromatic carbocycles. The van der Waals surface area contributed by atoms with Crippen LogP contribution >= 0.6 is 0 Å². The lowest BCUT2D eigenvalue weighted by Gasteiger charge is -2.08. The van der Waals surface area contributed by atoms with Gasteiger partial charge in [-0.25, -0.2) is 13.2 Å². The minimum Gasteiger partial charge on any atom is -0.462 e. The summed E-state index contributed by atoms with van der Waals surface area (Å²) in [7, 11) is -3.73. The highest BCUT2D eigenvalue weighted by atomic mass is 32.2. The molecule has 1 aromatic heterocycles. The van der Waals surface area contributed by atoms with Crippen molar-refractivity contribution >= 4 is 32.6 Å². The van der Waals surface area contributed by atoms with E-state index in [-0.39, 0.29) is 11.5 Å². The lowest BCUT2D eigenvalue weighted by Crippen LogP contribution is -2.12. The summed E-state index contributed by atoms with van der Waals surface area (Å²) in [6, 6.07) is 13.0. The lowest BCUT2D eigenvalue weighted by molar-refractivity contribution is 0.0526. The molecule has 7 heteroatoms. The van der Waals surface area contributed by atoms with Gasteiger partial charge in [0.1, 0.15) is 16.9 Å². The molecule has 0 saturated heterocycles. The predicted octanol–water partition coefficient (Wildman–Crippen LogP) is 4.36. The maximum atomic E-state index is 12.5. The number of carbonyl (C=O) groups is 1. The number of rotatable bonds is 7. The highest BCUT2D eigenvalue weighted by Gasteiger charge is 2.22. The van der Waals surface area contributed by atoms with Gasteiger partial charge < -0.3 is 9.15 Å². The number of aryl methyl sites for hydroxylation is 1. The van der Waals surface area contributed by atoms with E-state index in [1.807, 2.05) is 6.92 Å². The lowest BCUT2D eigenvalue weighted by atomic mass is 10.1. The molecule has 6 nitrogen and oxygen atoms in total. The van der Waals surface area contributed by atoms with Gasteiger partial charge in [-0.15, -0.1) is 0 Å². The summed E-state index contributed by atoms with van der Waals surface area (Å²) in [6.07, 6.45) is 1.40. The van der Waals surface area contributed by atoms with Gasteiger partial charge >= 0.3 is 5.97 Å². The van der Waals surface area contributed by atoms with Gasteiger partial charge in [-0.05, 0) is 43.7 Å². The monoisotopic (exact) mass is 387 g/mol. The number of esters is 1. The highest BCUT2D eigenvalue weighted by molar-refractivity contribution is 7.92. The largest absolute Gasteiger partial charge is 0.462 e. The molecule has 0 fully saturated rings. The number of fused-ring (bicyclic) bond motifs is 1. The van der Waals surface area contributed by atoms with Gasteiger partial charge in [0.15, 0.2) is 0 Å². The quantitative estimate of drug-likeness (QED) is 0.609. The summed E-state index contributed by atoms with van der Waals surface area (Å²) in [5.74, 6) is 0.0804. The second-order valence-electron chi connectivity index (χ2n) is 6.00. The Bertz CT molecular complexity index is 1050. The number of carbonyl (C=O) groups excluding carboxylic acids is 1. The highest BCUT2D eigenvalue weighted by Crippen LogP contribution is 2.31. The molecule has 0 aliphatic carbocycles. The van der Waals surface area contributed by atoms with Gasteiger partial charge in [0.05, 0.1) is 11.5 Å². The Labute approximate surface area is 158 Å². The summed E-state index contributed by atoms with van der Waals surface area (Å²) >= 11 is 0. The maximum absolute atomic E-state index is 12.5. The average Bonchev–Trinajstić information content (AvgIpc) is 3.00. The molecular formula is C20H21NO5S. The van der Waals surface area contributed by atoms with E-state index in [2.05, 4.69) is 4.72 Å². The Morgan fingerprint density at radius 1 is 1.11 bits per heavy atom. The van der Waals surface area contributed by atoms with E-state index < -0.39 is 16.0 Å². The van der Waals surface area contributed by atoms with Gasteiger partial charge in [0.2, 0.25) is 0 Å². The number of ether oxygens (including phenoxy) is 1. The fourth-order valence-electron chi connectivity index (χ4n) is 2.86. The first-order valence-electron chi connectivity index (χ1n) is 8.76. The van der Waals surface area contributed by atoms with Crippen LogP contribution in [0.1, 0.15) is 36.4 Å². The van der Waals surface area contributed by atoms with E-state index in [0.29, 0.717) is 34.4 Å². The second-order valence-corrected chi connectivity index (χ2v) is 7.68. The minimum absolute atomic E-state index is 0.162. The zero-order valence-electron chi connectivity index (χ0n) is 15.2. The molecule has 27 heavy (non-hydrogen) atoms. The van der Waals surface area contributed by atoms with E-state index in [4.69, 9.17) is 9.15 Å². The Hall–Kier alpha value is -2.80. The van der Waals surface area contributed by atoms with Crippen LogP contribution in [-0.4, -0.2) is 21.0 Å². The number of sulfonamides is 1. The third-order valence-electron chi connectivity index (χ3n) is 4.02. The van der Waals surface area contributed by atoms with Gasteiger partial charge in [-0.3, -0.25) is 4.72 Å². The topological polar surface area (TPSA) is 85.6 Å². The minimum atomic E-state index is -3.73.